The van der Waals surface area contributed by atoms with E-state index in [0.29, 0.717) is 13.2 Å². The first kappa shape index (κ1) is 21.1. The largest absolute Gasteiger partial charge is 0.494 e. The fourth-order valence-corrected chi connectivity index (χ4v) is 3.61. The molecule has 8 nitrogen and oxygen atoms in total. The summed E-state index contributed by atoms with van der Waals surface area (Å²) in [6, 6.07) is 8.48. The number of hydrogen-bond donors (Lipinski definition) is 2. The lowest BCUT2D eigenvalue weighted by atomic mass is 9.74. The normalized spacial score (nSPS) is 16.4. The van der Waals surface area contributed by atoms with E-state index in [1.54, 1.807) is 11.0 Å². The number of hydrogen-bond acceptors (Lipinski definition) is 5. The van der Waals surface area contributed by atoms with Gasteiger partial charge in [0.15, 0.2) is 5.96 Å². The lowest BCUT2D eigenvalue weighted by molar-refractivity contribution is 0.0513. The maximum absolute atomic E-state index is 5.66. The third-order valence-electron chi connectivity index (χ3n) is 5.35. The molecular weight excluding hydrogens is 368 g/mol. The average Bonchev–Trinajstić information content (AvgIpc) is 3.16. The van der Waals surface area contributed by atoms with Crippen LogP contribution in [0.25, 0.3) is 0 Å². The summed E-state index contributed by atoms with van der Waals surface area (Å²) in [4.78, 5) is 8.93. The number of rotatable bonds is 8. The van der Waals surface area contributed by atoms with E-state index >= 15 is 0 Å². The topological polar surface area (TPSA) is 85.6 Å². The SMILES string of the molecule is CCNC(=NCc1ncnn1C)NCC1(c2ccc(OCC)cc2)CCOCC1. The first-order chi connectivity index (χ1) is 14.2. The lowest BCUT2D eigenvalue weighted by Crippen LogP contribution is -2.48. The van der Waals surface area contributed by atoms with Crippen molar-refractivity contribution in [3.05, 3.63) is 42.0 Å². The molecule has 2 heterocycles. The Morgan fingerprint density at radius 3 is 2.59 bits per heavy atom. The average molecular weight is 401 g/mol. The third kappa shape index (κ3) is 5.47. The highest BCUT2D eigenvalue weighted by Gasteiger charge is 2.34. The molecule has 0 spiro atoms. The van der Waals surface area contributed by atoms with Crippen LogP contribution in [0.2, 0.25) is 0 Å². The van der Waals surface area contributed by atoms with Crippen LogP contribution in [0, 0.1) is 0 Å². The molecular formula is C21H32N6O2. The zero-order chi connectivity index (χ0) is 20.5. The quantitative estimate of drug-likeness (QED) is 0.521. The number of aromatic nitrogens is 3. The highest BCUT2D eigenvalue weighted by molar-refractivity contribution is 5.79. The molecule has 8 heteroatoms. The van der Waals surface area contributed by atoms with Gasteiger partial charge >= 0.3 is 0 Å². The molecule has 0 aliphatic carbocycles. The highest BCUT2D eigenvalue weighted by Crippen LogP contribution is 2.35. The van der Waals surface area contributed by atoms with Gasteiger partial charge in [-0.15, -0.1) is 0 Å². The second kappa shape index (κ2) is 10.2. The molecule has 2 aromatic rings. The van der Waals surface area contributed by atoms with Gasteiger partial charge in [0, 0.05) is 38.8 Å². The monoisotopic (exact) mass is 400 g/mol. The van der Waals surface area contributed by atoms with E-state index in [4.69, 9.17) is 9.47 Å². The zero-order valence-corrected chi connectivity index (χ0v) is 17.6. The standard InChI is InChI=1S/C21H32N6O2/c1-4-22-20(23-14-19-25-16-26-27(19)3)24-15-21(10-12-28-13-11-21)17-6-8-18(9-7-17)29-5-2/h6-9,16H,4-5,10-15H2,1-3H3,(H2,22,23,24). The van der Waals surface area contributed by atoms with E-state index < -0.39 is 0 Å². The summed E-state index contributed by atoms with van der Waals surface area (Å²) in [6.07, 6.45) is 3.49. The molecule has 0 atom stereocenters. The molecule has 3 rings (SSSR count). The van der Waals surface area contributed by atoms with Crippen molar-refractivity contribution < 1.29 is 9.47 Å². The van der Waals surface area contributed by atoms with Crippen LogP contribution in [-0.4, -0.2) is 53.6 Å². The Morgan fingerprint density at radius 2 is 1.97 bits per heavy atom. The summed E-state index contributed by atoms with van der Waals surface area (Å²) in [5.41, 5.74) is 1.31. The molecule has 1 aliphatic heterocycles. The molecule has 0 amide bonds. The summed E-state index contributed by atoms with van der Waals surface area (Å²) in [6.45, 7) is 8.33. The van der Waals surface area contributed by atoms with Crippen LogP contribution in [0.3, 0.4) is 0 Å². The smallest absolute Gasteiger partial charge is 0.191 e. The van der Waals surface area contributed by atoms with Crippen LogP contribution in [0.1, 0.15) is 38.1 Å². The van der Waals surface area contributed by atoms with Gasteiger partial charge in [0.1, 0.15) is 24.4 Å². The Hall–Kier alpha value is -2.61. The third-order valence-corrected chi connectivity index (χ3v) is 5.35. The van der Waals surface area contributed by atoms with Crippen LogP contribution < -0.4 is 15.4 Å². The second-order valence-electron chi connectivity index (χ2n) is 7.20. The minimum Gasteiger partial charge on any atom is -0.494 e. The first-order valence-electron chi connectivity index (χ1n) is 10.3. The molecule has 2 N–H and O–H groups in total. The van der Waals surface area contributed by atoms with Gasteiger partial charge in [0.25, 0.3) is 0 Å². The van der Waals surface area contributed by atoms with Crippen LogP contribution >= 0.6 is 0 Å². The van der Waals surface area contributed by atoms with Crippen molar-refractivity contribution in [2.45, 2.75) is 38.6 Å². The van der Waals surface area contributed by atoms with E-state index in [0.717, 1.165) is 56.7 Å². The number of aliphatic imine (C=N–C) groups is 1. The van der Waals surface area contributed by atoms with Gasteiger partial charge in [-0.1, -0.05) is 12.1 Å². The van der Waals surface area contributed by atoms with E-state index in [2.05, 4.69) is 56.9 Å². The van der Waals surface area contributed by atoms with Gasteiger partial charge in [-0.3, -0.25) is 4.68 Å². The summed E-state index contributed by atoms with van der Waals surface area (Å²) in [5.74, 6) is 2.52. The Morgan fingerprint density at radius 1 is 1.21 bits per heavy atom. The van der Waals surface area contributed by atoms with Crippen LogP contribution in [0.15, 0.2) is 35.6 Å². The Kier molecular flexibility index (Phi) is 7.46. The van der Waals surface area contributed by atoms with Gasteiger partial charge < -0.3 is 20.1 Å². The summed E-state index contributed by atoms with van der Waals surface area (Å²) in [7, 11) is 1.88. The summed E-state index contributed by atoms with van der Waals surface area (Å²) in [5, 5.41) is 11.0. The fourth-order valence-electron chi connectivity index (χ4n) is 3.61. The van der Waals surface area contributed by atoms with E-state index in [-0.39, 0.29) is 5.41 Å². The minimum absolute atomic E-state index is 0.00393. The van der Waals surface area contributed by atoms with E-state index in [9.17, 15) is 0 Å². The molecule has 0 bridgehead atoms. The first-order valence-corrected chi connectivity index (χ1v) is 10.3. The van der Waals surface area contributed by atoms with Crippen molar-refractivity contribution >= 4 is 5.96 Å². The van der Waals surface area contributed by atoms with Crippen molar-refractivity contribution in [1.82, 2.24) is 25.4 Å². The number of ether oxygens (including phenoxy) is 2. The molecule has 1 saturated heterocycles. The van der Waals surface area contributed by atoms with E-state index in [1.807, 2.05) is 14.0 Å². The maximum Gasteiger partial charge on any atom is 0.191 e. The van der Waals surface area contributed by atoms with Gasteiger partial charge in [0.2, 0.25) is 0 Å². The van der Waals surface area contributed by atoms with Gasteiger partial charge in [-0.05, 0) is 44.4 Å². The van der Waals surface area contributed by atoms with Crippen molar-refractivity contribution in [2.24, 2.45) is 12.0 Å². The molecule has 0 saturated carbocycles. The Labute approximate surface area is 172 Å². The predicted octanol–water partition coefficient (Wildman–Crippen LogP) is 2.02. The summed E-state index contributed by atoms with van der Waals surface area (Å²) >= 11 is 0. The van der Waals surface area contributed by atoms with Crippen LogP contribution in [0.5, 0.6) is 5.75 Å². The predicted molar refractivity (Wildman–Crippen MR) is 113 cm³/mol. The second-order valence-corrected chi connectivity index (χ2v) is 7.20. The molecule has 0 radical (unpaired) electrons. The Bertz CT molecular complexity index is 781. The fraction of sp³-hybridized carbons (Fsp3) is 0.571. The number of aryl methyl sites for hydroxylation is 1. The van der Waals surface area contributed by atoms with Crippen LogP contribution in [-0.2, 0) is 23.7 Å². The summed E-state index contributed by atoms with van der Waals surface area (Å²) < 4.78 is 13.0. The lowest BCUT2D eigenvalue weighted by Gasteiger charge is -2.38. The number of nitrogens with one attached hydrogen (secondary N) is 2. The number of nitrogens with zero attached hydrogens (tertiary/aromatic N) is 4. The van der Waals surface area contributed by atoms with Gasteiger partial charge in [0.05, 0.1) is 6.61 Å². The van der Waals surface area contributed by atoms with Crippen molar-refractivity contribution in [3.63, 3.8) is 0 Å². The maximum atomic E-state index is 5.66. The van der Waals surface area contributed by atoms with Gasteiger partial charge in [-0.25, -0.2) is 9.98 Å². The van der Waals surface area contributed by atoms with Crippen LogP contribution in [0.4, 0.5) is 0 Å². The Balaban J connectivity index is 1.73. The molecule has 0 unspecified atom stereocenters. The van der Waals surface area contributed by atoms with Crippen molar-refractivity contribution in [3.8, 4) is 5.75 Å². The zero-order valence-electron chi connectivity index (χ0n) is 17.6. The molecule has 1 aromatic carbocycles. The number of benzene rings is 1. The minimum atomic E-state index is 0.00393. The molecule has 1 aliphatic rings. The molecule has 158 valence electrons. The van der Waals surface area contributed by atoms with E-state index in [1.165, 1.54) is 5.56 Å². The molecule has 1 fully saturated rings. The van der Waals surface area contributed by atoms with Gasteiger partial charge in [-0.2, -0.15) is 5.10 Å². The molecule has 29 heavy (non-hydrogen) atoms. The van der Waals surface area contributed by atoms with Crippen molar-refractivity contribution in [2.75, 3.05) is 32.9 Å². The number of guanidine groups is 1. The molecule has 1 aromatic heterocycles. The highest BCUT2D eigenvalue weighted by atomic mass is 16.5. The van der Waals surface area contributed by atoms with Crippen molar-refractivity contribution in [1.29, 1.82) is 0 Å².